The minimum atomic E-state index is 0.358. The summed E-state index contributed by atoms with van der Waals surface area (Å²) in [5.41, 5.74) is 3.67. The molecule has 0 aromatic heterocycles. The van der Waals surface area contributed by atoms with Gasteiger partial charge < -0.3 is 10.2 Å². The third-order valence-corrected chi connectivity index (χ3v) is 4.70. The molecule has 110 valence electrons. The predicted octanol–water partition coefficient (Wildman–Crippen LogP) is 3.61. The van der Waals surface area contributed by atoms with E-state index in [9.17, 15) is 0 Å². The molecule has 2 fully saturated rings. The molecule has 0 unspecified atom stereocenters. The Morgan fingerprint density at radius 1 is 1.25 bits per heavy atom. The van der Waals surface area contributed by atoms with Crippen LogP contribution in [0.3, 0.4) is 0 Å². The first-order valence-corrected chi connectivity index (χ1v) is 8.05. The van der Waals surface area contributed by atoms with Gasteiger partial charge in [0, 0.05) is 30.9 Å². The zero-order chi connectivity index (χ0) is 14.2. The van der Waals surface area contributed by atoms with Gasteiger partial charge in [-0.15, -0.1) is 0 Å². The second-order valence-corrected chi connectivity index (χ2v) is 7.89. The van der Waals surface area contributed by atoms with E-state index in [1.807, 2.05) is 0 Å². The van der Waals surface area contributed by atoms with Crippen LogP contribution in [0.4, 0.5) is 5.69 Å². The van der Waals surface area contributed by atoms with Crippen molar-refractivity contribution in [1.29, 1.82) is 0 Å². The van der Waals surface area contributed by atoms with E-state index in [0.29, 0.717) is 11.0 Å². The molecule has 2 nitrogen and oxygen atoms in total. The molecule has 1 aromatic carbocycles. The number of anilines is 1. The number of hydrogen-bond donors (Lipinski definition) is 1. The fourth-order valence-corrected chi connectivity index (χ4v) is 3.59. The Bertz CT molecular complexity index is 469. The van der Waals surface area contributed by atoms with E-state index in [-0.39, 0.29) is 0 Å². The molecule has 1 saturated carbocycles. The number of rotatable bonds is 2. The molecule has 2 heteroatoms. The molecule has 1 aliphatic heterocycles. The molecular weight excluding hydrogens is 244 g/mol. The summed E-state index contributed by atoms with van der Waals surface area (Å²) in [6.07, 6.45) is 5.25. The molecule has 0 amide bonds. The molecule has 1 heterocycles. The molecule has 1 aliphatic carbocycles. The maximum Gasteiger partial charge on any atom is 0.0370 e. The third kappa shape index (κ3) is 3.01. The van der Waals surface area contributed by atoms with Crippen LogP contribution in [0.2, 0.25) is 0 Å². The van der Waals surface area contributed by atoms with E-state index in [1.54, 1.807) is 0 Å². The van der Waals surface area contributed by atoms with Gasteiger partial charge in [-0.25, -0.2) is 0 Å². The lowest BCUT2D eigenvalue weighted by Gasteiger charge is -2.50. The van der Waals surface area contributed by atoms with Gasteiger partial charge in [0.05, 0.1) is 0 Å². The largest absolute Gasteiger partial charge is 0.368 e. The summed E-state index contributed by atoms with van der Waals surface area (Å²) in [7, 11) is 0. The minimum Gasteiger partial charge on any atom is -0.368 e. The Hall–Kier alpha value is -1.02. The van der Waals surface area contributed by atoms with Gasteiger partial charge in [-0.2, -0.15) is 0 Å². The molecule has 1 N–H and O–H groups in total. The van der Waals surface area contributed by atoms with Crippen molar-refractivity contribution in [2.24, 2.45) is 5.41 Å². The Balaban J connectivity index is 1.74. The summed E-state index contributed by atoms with van der Waals surface area (Å²) in [5, 5.41) is 3.74. The van der Waals surface area contributed by atoms with E-state index >= 15 is 0 Å². The van der Waals surface area contributed by atoms with Crippen molar-refractivity contribution >= 4 is 5.69 Å². The summed E-state index contributed by atoms with van der Waals surface area (Å²) in [4.78, 5) is 2.59. The second-order valence-electron chi connectivity index (χ2n) is 7.89. The van der Waals surface area contributed by atoms with E-state index in [2.05, 4.69) is 55.3 Å². The monoisotopic (exact) mass is 272 g/mol. The third-order valence-electron chi connectivity index (χ3n) is 4.70. The second kappa shape index (κ2) is 5.07. The van der Waals surface area contributed by atoms with Gasteiger partial charge in [0.25, 0.3) is 0 Å². The van der Waals surface area contributed by atoms with Crippen molar-refractivity contribution in [3.05, 3.63) is 29.8 Å². The van der Waals surface area contributed by atoms with Crippen molar-refractivity contribution in [3.63, 3.8) is 0 Å². The van der Waals surface area contributed by atoms with Crippen LogP contribution in [0.5, 0.6) is 0 Å². The molecule has 1 aromatic rings. The molecular formula is C18H28N2. The van der Waals surface area contributed by atoms with Crippen LogP contribution in [0.25, 0.3) is 0 Å². The quantitative estimate of drug-likeness (QED) is 0.885. The Morgan fingerprint density at radius 3 is 2.70 bits per heavy atom. The highest BCUT2D eigenvalue weighted by atomic mass is 15.2. The lowest BCUT2D eigenvalue weighted by molar-refractivity contribution is 0.173. The van der Waals surface area contributed by atoms with E-state index < -0.39 is 0 Å². The summed E-state index contributed by atoms with van der Waals surface area (Å²) in [6, 6.07) is 9.19. The fraction of sp³-hybridized carbons (Fsp3) is 0.667. The van der Waals surface area contributed by atoms with E-state index in [4.69, 9.17) is 0 Å². The Kier molecular flexibility index (Phi) is 3.53. The van der Waals surface area contributed by atoms with Crippen LogP contribution >= 0.6 is 0 Å². The first-order chi connectivity index (χ1) is 9.46. The average molecular weight is 272 g/mol. The number of piperazine rings is 1. The lowest BCUT2D eigenvalue weighted by atomic mass is 9.75. The van der Waals surface area contributed by atoms with Crippen LogP contribution in [0, 0.1) is 5.41 Å². The number of hydrogen-bond acceptors (Lipinski definition) is 2. The summed E-state index contributed by atoms with van der Waals surface area (Å²) < 4.78 is 0. The first-order valence-electron chi connectivity index (χ1n) is 8.05. The molecule has 3 rings (SSSR count). The molecule has 1 saturated heterocycles. The first kappa shape index (κ1) is 13.9. The molecule has 0 atom stereocenters. The van der Waals surface area contributed by atoms with Gasteiger partial charge in [0.2, 0.25) is 0 Å². The Morgan fingerprint density at radius 2 is 2.05 bits per heavy atom. The van der Waals surface area contributed by atoms with Gasteiger partial charge in [0.15, 0.2) is 0 Å². The van der Waals surface area contributed by atoms with E-state index in [0.717, 1.165) is 19.5 Å². The van der Waals surface area contributed by atoms with Crippen LogP contribution in [0.1, 0.15) is 45.6 Å². The standard InChI is InChI=1S/C18H28N2/c1-17(2,3)13-15-6-4-7-16(12-15)20-11-10-19-18(14-20)8-5-9-18/h4,6-7,12,19H,5,8-11,13-14H2,1-3H3. The van der Waals surface area contributed by atoms with Crippen LogP contribution < -0.4 is 10.2 Å². The van der Waals surface area contributed by atoms with Crippen molar-refractivity contribution in [1.82, 2.24) is 5.32 Å². The molecule has 0 radical (unpaired) electrons. The average Bonchev–Trinajstić information content (AvgIpc) is 2.35. The van der Waals surface area contributed by atoms with Crippen LogP contribution in [-0.2, 0) is 6.42 Å². The van der Waals surface area contributed by atoms with Gasteiger partial charge in [-0.3, -0.25) is 0 Å². The van der Waals surface area contributed by atoms with Crippen LogP contribution in [-0.4, -0.2) is 25.2 Å². The normalized spacial score (nSPS) is 21.9. The highest BCUT2D eigenvalue weighted by Crippen LogP contribution is 2.35. The van der Waals surface area contributed by atoms with Crippen molar-refractivity contribution in [3.8, 4) is 0 Å². The summed E-state index contributed by atoms with van der Waals surface area (Å²) in [5.74, 6) is 0. The molecule has 20 heavy (non-hydrogen) atoms. The highest BCUT2D eigenvalue weighted by Gasteiger charge is 2.40. The molecule has 0 bridgehead atoms. The van der Waals surface area contributed by atoms with Crippen LogP contribution in [0.15, 0.2) is 24.3 Å². The topological polar surface area (TPSA) is 15.3 Å². The lowest BCUT2D eigenvalue weighted by Crippen LogP contribution is -2.64. The number of nitrogens with zero attached hydrogens (tertiary/aromatic N) is 1. The van der Waals surface area contributed by atoms with Crippen molar-refractivity contribution in [2.75, 3.05) is 24.5 Å². The van der Waals surface area contributed by atoms with Gasteiger partial charge in [0.1, 0.15) is 0 Å². The highest BCUT2D eigenvalue weighted by molar-refractivity contribution is 5.50. The number of nitrogens with one attached hydrogen (secondary N) is 1. The summed E-state index contributed by atoms with van der Waals surface area (Å²) >= 11 is 0. The van der Waals surface area contributed by atoms with Crippen molar-refractivity contribution < 1.29 is 0 Å². The smallest absolute Gasteiger partial charge is 0.0370 e. The minimum absolute atomic E-state index is 0.358. The Labute approximate surface area is 123 Å². The fourth-order valence-electron chi connectivity index (χ4n) is 3.59. The maximum absolute atomic E-state index is 3.74. The van der Waals surface area contributed by atoms with Crippen molar-refractivity contribution in [2.45, 2.75) is 52.0 Å². The van der Waals surface area contributed by atoms with Gasteiger partial charge in [-0.05, 0) is 48.8 Å². The molecule has 2 aliphatic rings. The zero-order valence-electron chi connectivity index (χ0n) is 13.2. The van der Waals surface area contributed by atoms with E-state index in [1.165, 1.54) is 37.1 Å². The SMILES string of the molecule is CC(C)(C)Cc1cccc(N2CCNC3(CCC3)C2)c1. The maximum atomic E-state index is 3.74. The predicted molar refractivity (Wildman–Crippen MR) is 86.4 cm³/mol. The molecule has 1 spiro atoms. The van der Waals surface area contributed by atoms with Gasteiger partial charge >= 0.3 is 0 Å². The summed E-state index contributed by atoms with van der Waals surface area (Å²) in [6.45, 7) is 10.4. The van der Waals surface area contributed by atoms with Gasteiger partial charge in [-0.1, -0.05) is 32.9 Å². The zero-order valence-corrected chi connectivity index (χ0v) is 13.2. The number of benzene rings is 1.